The molecule has 0 amide bonds. The van der Waals surface area contributed by atoms with Gasteiger partial charge in [-0.2, -0.15) is 0 Å². The summed E-state index contributed by atoms with van der Waals surface area (Å²) in [4.78, 5) is 13.8. The number of carbonyl (C=O) groups is 1. The Morgan fingerprint density at radius 3 is 2.50 bits per heavy atom. The molecule has 88 valence electrons. The summed E-state index contributed by atoms with van der Waals surface area (Å²) < 4.78 is 39.1. The van der Waals surface area contributed by atoms with Gasteiger partial charge < -0.3 is 14.9 Å². The topological polar surface area (TPSA) is 79.7 Å². The van der Waals surface area contributed by atoms with Crippen LogP contribution in [-0.2, 0) is 0 Å². The number of carboxylic acid groups (broad SMARTS) is 1. The van der Waals surface area contributed by atoms with E-state index in [2.05, 4.69) is 9.72 Å². The zero-order chi connectivity index (χ0) is 12.5. The highest BCUT2D eigenvalue weighted by Crippen LogP contribution is 2.37. The number of hydrogen-bond acceptors (Lipinski definition) is 4. The maximum atomic E-state index is 11.9. The van der Waals surface area contributed by atoms with Crippen LogP contribution in [0, 0.1) is 0 Å². The Morgan fingerprint density at radius 1 is 1.50 bits per heavy atom. The quantitative estimate of drug-likeness (QED) is 0.793. The summed E-state index contributed by atoms with van der Waals surface area (Å²) in [5.41, 5.74) is -1.06. The molecule has 0 aliphatic carbocycles. The summed E-state index contributed by atoms with van der Waals surface area (Å²) >= 11 is 5.27. The van der Waals surface area contributed by atoms with E-state index in [0.717, 1.165) is 0 Å². The summed E-state index contributed by atoms with van der Waals surface area (Å²) in [6.45, 7) is 0. The lowest BCUT2D eigenvalue weighted by atomic mass is 10.2. The number of alkyl halides is 3. The highest BCUT2D eigenvalue weighted by Gasteiger charge is 2.35. The molecule has 0 aromatic carbocycles. The molecule has 0 radical (unpaired) electrons. The van der Waals surface area contributed by atoms with Gasteiger partial charge in [0.15, 0.2) is 11.5 Å². The van der Waals surface area contributed by atoms with E-state index in [1.165, 1.54) is 0 Å². The molecule has 0 aliphatic rings. The number of carboxylic acids is 1. The zero-order valence-corrected chi connectivity index (χ0v) is 8.00. The Morgan fingerprint density at radius 2 is 2.06 bits per heavy atom. The van der Waals surface area contributed by atoms with E-state index in [4.69, 9.17) is 21.8 Å². The molecule has 5 nitrogen and oxygen atoms in total. The van der Waals surface area contributed by atoms with Crippen molar-refractivity contribution in [2.45, 2.75) is 6.36 Å². The lowest BCUT2D eigenvalue weighted by molar-refractivity contribution is -0.275. The second-order valence-corrected chi connectivity index (χ2v) is 2.85. The number of aromatic nitrogens is 1. The predicted octanol–water partition coefficient (Wildman–Crippen LogP) is 2.04. The minimum atomic E-state index is -5.15. The second kappa shape index (κ2) is 4.05. The molecule has 9 heteroatoms. The number of aromatic carboxylic acids is 1. The summed E-state index contributed by atoms with van der Waals surface area (Å²) in [6.07, 6.45) is -4.60. The van der Waals surface area contributed by atoms with E-state index in [1.54, 1.807) is 0 Å². The molecule has 0 aliphatic heterocycles. The number of halogens is 4. The van der Waals surface area contributed by atoms with E-state index >= 15 is 0 Å². The third-order valence-corrected chi connectivity index (χ3v) is 1.68. The third kappa shape index (κ3) is 2.66. The van der Waals surface area contributed by atoms with E-state index < -0.39 is 34.5 Å². The number of ether oxygens (including phenoxy) is 1. The van der Waals surface area contributed by atoms with Crippen LogP contribution >= 0.6 is 11.6 Å². The van der Waals surface area contributed by atoms with Crippen LogP contribution < -0.4 is 4.74 Å². The van der Waals surface area contributed by atoms with E-state index in [9.17, 15) is 18.0 Å². The van der Waals surface area contributed by atoms with Gasteiger partial charge in [-0.25, -0.2) is 9.78 Å². The standard InChI is InChI=1S/C7H3ClF3NO4/c8-5-3(6(14)15)4(2(13)1-12-5)16-7(9,10)11/h1,13H,(H,14,15). The lowest BCUT2D eigenvalue weighted by Crippen LogP contribution is -2.19. The van der Waals surface area contributed by atoms with Gasteiger partial charge in [0.1, 0.15) is 10.7 Å². The number of nitrogens with zero attached hydrogens (tertiary/aromatic N) is 1. The van der Waals surface area contributed by atoms with Crippen molar-refractivity contribution in [3.63, 3.8) is 0 Å². The average Bonchev–Trinajstić information content (AvgIpc) is 2.08. The SMILES string of the molecule is O=C(O)c1c(Cl)ncc(O)c1OC(F)(F)F. The zero-order valence-electron chi connectivity index (χ0n) is 7.25. The Labute approximate surface area is 91.0 Å². The van der Waals surface area contributed by atoms with Gasteiger partial charge >= 0.3 is 12.3 Å². The van der Waals surface area contributed by atoms with Crippen molar-refractivity contribution in [3.05, 3.63) is 16.9 Å². The Balaban J connectivity index is 3.35. The predicted molar refractivity (Wildman–Crippen MR) is 44.6 cm³/mol. The van der Waals surface area contributed by atoms with Gasteiger partial charge in [0.2, 0.25) is 0 Å². The Bertz CT molecular complexity index is 434. The first-order chi connectivity index (χ1) is 7.22. The first-order valence-electron chi connectivity index (χ1n) is 3.59. The van der Waals surface area contributed by atoms with Gasteiger partial charge in [-0.05, 0) is 0 Å². The van der Waals surface area contributed by atoms with Crippen molar-refractivity contribution in [3.8, 4) is 11.5 Å². The molecule has 1 rings (SSSR count). The van der Waals surface area contributed by atoms with E-state index in [0.29, 0.717) is 6.20 Å². The number of aromatic hydroxyl groups is 1. The molecule has 1 aromatic heterocycles. The minimum absolute atomic E-state index is 0.551. The molecule has 0 bridgehead atoms. The Hall–Kier alpha value is -1.70. The van der Waals surface area contributed by atoms with Crippen LogP contribution in [0.1, 0.15) is 10.4 Å². The fourth-order valence-corrected chi connectivity index (χ4v) is 1.08. The van der Waals surface area contributed by atoms with Crippen molar-refractivity contribution < 1.29 is 32.9 Å². The largest absolute Gasteiger partial charge is 0.573 e. The van der Waals surface area contributed by atoms with Gasteiger partial charge in [-0.15, -0.1) is 13.2 Å². The molecule has 16 heavy (non-hydrogen) atoms. The van der Waals surface area contributed by atoms with Crippen molar-refractivity contribution >= 4 is 17.6 Å². The second-order valence-electron chi connectivity index (χ2n) is 2.49. The molecule has 0 unspecified atom stereocenters. The van der Waals surface area contributed by atoms with E-state index in [-0.39, 0.29) is 0 Å². The highest BCUT2D eigenvalue weighted by atomic mass is 35.5. The van der Waals surface area contributed by atoms with Crippen LogP contribution in [0.2, 0.25) is 5.15 Å². The summed E-state index contributed by atoms with van der Waals surface area (Å²) in [6, 6.07) is 0. The molecule has 0 spiro atoms. The molecule has 0 atom stereocenters. The van der Waals surface area contributed by atoms with Gasteiger partial charge in [-0.3, -0.25) is 0 Å². The molecular weight excluding hydrogens is 255 g/mol. The summed E-state index contributed by atoms with van der Waals surface area (Å²) in [5.74, 6) is -4.16. The molecule has 2 N–H and O–H groups in total. The lowest BCUT2D eigenvalue weighted by Gasteiger charge is -2.12. The first kappa shape index (κ1) is 12.4. The average molecular weight is 258 g/mol. The first-order valence-corrected chi connectivity index (χ1v) is 3.96. The van der Waals surface area contributed by atoms with Crippen molar-refractivity contribution in [1.82, 2.24) is 4.98 Å². The van der Waals surface area contributed by atoms with Crippen LogP contribution in [0.4, 0.5) is 13.2 Å². The van der Waals surface area contributed by atoms with Gasteiger partial charge in [0.05, 0.1) is 6.20 Å². The summed E-state index contributed by atoms with van der Waals surface area (Å²) in [7, 11) is 0. The van der Waals surface area contributed by atoms with Gasteiger partial charge in [-0.1, -0.05) is 11.6 Å². The normalized spacial score (nSPS) is 11.2. The monoisotopic (exact) mass is 257 g/mol. The molecular formula is C7H3ClF3NO4. The molecule has 0 saturated heterocycles. The van der Waals surface area contributed by atoms with Crippen LogP contribution in [0.25, 0.3) is 0 Å². The van der Waals surface area contributed by atoms with Crippen LogP contribution in [0.15, 0.2) is 6.20 Å². The van der Waals surface area contributed by atoms with Gasteiger partial charge in [0, 0.05) is 0 Å². The Kier molecular flexibility index (Phi) is 3.13. The molecule has 0 fully saturated rings. The van der Waals surface area contributed by atoms with E-state index in [1.807, 2.05) is 0 Å². The van der Waals surface area contributed by atoms with Crippen molar-refractivity contribution in [2.24, 2.45) is 0 Å². The maximum Gasteiger partial charge on any atom is 0.573 e. The molecule has 1 aromatic rings. The van der Waals surface area contributed by atoms with Crippen LogP contribution in [0.3, 0.4) is 0 Å². The molecule has 0 saturated carbocycles. The van der Waals surface area contributed by atoms with Crippen molar-refractivity contribution in [2.75, 3.05) is 0 Å². The number of pyridine rings is 1. The van der Waals surface area contributed by atoms with Crippen LogP contribution in [0.5, 0.6) is 11.5 Å². The maximum absolute atomic E-state index is 11.9. The van der Waals surface area contributed by atoms with Gasteiger partial charge in [0.25, 0.3) is 0 Å². The highest BCUT2D eigenvalue weighted by molar-refractivity contribution is 6.32. The number of rotatable bonds is 2. The van der Waals surface area contributed by atoms with Crippen molar-refractivity contribution in [1.29, 1.82) is 0 Å². The van der Waals surface area contributed by atoms with Crippen LogP contribution in [-0.4, -0.2) is 27.5 Å². The fourth-order valence-electron chi connectivity index (χ4n) is 0.867. The smallest absolute Gasteiger partial charge is 0.503 e. The third-order valence-electron chi connectivity index (χ3n) is 1.40. The minimum Gasteiger partial charge on any atom is -0.503 e. The number of hydrogen-bond donors (Lipinski definition) is 2. The molecule has 1 heterocycles. The fraction of sp³-hybridized carbons (Fsp3) is 0.143. The summed E-state index contributed by atoms with van der Waals surface area (Å²) in [5, 5.41) is 16.9.